The summed E-state index contributed by atoms with van der Waals surface area (Å²) in [6, 6.07) is 13.4. The average molecular weight is 359 g/mol. The summed E-state index contributed by atoms with van der Waals surface area (Å²) in [7, 11) is 0. The van der Waals surface area contributed by atoms with Crippen LogP contribution in [0.25, 0.3) is 0 Å². The fourth-order valence-electron chi connectivity index (χ4n) is 2.54. The van der Waals surface area contributed by atoms with Crippen molar-refractivity contribution in [2.24, 2.45) is 0 Å². The Hall–Kier alpha value is -2.33. The summed E-state index contributed by atoms with van der Waals surface area (Å²) in [5, 5.41) is 3.49. The molecule has 4 nitrogen and oxygen atoms in total. The van der Waals surface area contributed by atoms with Crippen LogP contribution in [0.15, 0.2) is 42.5 Å². The van der Waals surface area contributed by atoms with E-state index in [1.165, 1.54) is 12.5 Å². The van der Waals surface area contributed by atoms with Crippen LogP contribution in [-0.2, 0) is 16.1 Å². The van der Waals surface area contributed by atoms with E-state index < -0.39 is 0 Å². The number of carbonyl (C=O) groups is 2. The van der Waals surface area contributed by atoms with Crippen molar-refractivity contribution in [2.45, 2.75) is 33.7 Å². The molecule has 0 aliphatic rings. The number of hydrogen-bond donors (Lipinski definition) is 1. The highest BCUT2D eigenvalue weighted by Crippen LogP contribution is 2.26. The van der Waals surface area contributed by atoms with Crippen LogP contribution in [0.5, 0.6) is 0 Å². The monoisotopic (exact) mass is 358 g/mol. The fraction of sp³-hybridized carbons (Fsp3) is 0.300. The third-order valence-electron chi connectivity index (χ3n) is 4.08. The highest BCUT2D eigenvalue weighted by molar-refractivity contribution is 6.31. The topological polar surface area (TPSA) is 49.4 Å². The predicted octanol–water partition coefficient (Wildman–Crippen LogP) is 4.02. The van der Waals surface area contributed by atoms with Crippen molar-refractivity contribution in [3.05, 3.63) is 64.2 Å². The van der Waals surface area contributed by atoms with Gasteiger partial charge in [0.25, 0.3) is 0 Å². The number of amides is 2. The molecular weight excluding hydrogens is 336 g/mol. The maximum absolute atomic E-state index is 12.1. The zero-order valence-electron chi connectivity index (χ0n) is 14.8. The lowest BCUT2D eigenvalue weighted by Gasteiger charge is -2.23. The van der Waals surface area contributed by atoms with Crippen LogP contribution < -0.4 is 10.2 Å². The Labute approximate surface area is 153 Å². The number of aryl methyl sites for hydroxylation is 1. The average Bonchev–Trinajstić information content (AvgIpc) is 2.58. The van der Waals surface area contributed by atoms with Crippen molar-refractivity contribution >= 4 is 29.1 Å². The van der Waals surface area contributed by atoms with E-state index in [-0.39, 0.29) is 18.2 Å². The van der Waals surface area contributed by atoms with Gasteiger partial charge in [-0.05, 0) is 37.1 Å². The molecule has 2 aromatic carbocycles. The zero-order valence-corrected chi connectivity index (χ0v) is 15.6. The van der Waals surface area contributed by atoms with Gasteiger partial charge in [-0.25, -0.2) is 0 Å². The third kappa shape index (κ3) is 5.33. The van der Waals surface area contributed by atoms with Crippen molar-refractivity contribution in [3.8, 4) is 0 Å². The Morgan fingerprint density at radius 1 is 1.08 bits per heavy atom. The Morgan fingerprint density at radius 3 is 2.40 bits per heavy atom. The number of halogens is 1. The number of carbonyl (C=O) groups excluding carboxylic acids is 2. The first-order valence-electron chi connectivity index (χ1n) is 8.24. The molecule has 0 atom stereocenters. The molecule has 0 saturated heterocycles. The summed E-state index contributed by atoms with van der Waals surface area (Å²) in [5.41, 5.74) is 3.81. The van der Waals surface area contributed by atoms with Gasteiger partial charge >= 0.3 is 0 Å². The largest absolute Gasteiger partial charge is 0.352 e. The number of anilines is 1. The van der Waals surface area contributed by atoms with Gasteiger partial charge in [0.2, 0.25) is 11.8 Å². The van der Waals surface area contributed by atoms with Crippen LogP contribution in [-0.4, -0.2) is 18.4 Å². The standard InChI is InChI=1S/C20H23ClN2O2/c1-14-7-9-17(10-8-14)13-22-20(25)11-12-23(16(3)24)19-6-4-5-18(21)15(19)2/h4-10H,11-13H2,1-3H3,(H,22,25). The van der Waals surface area contributed by atoms with E-state index in [0.717, 1.165) is 16.8 Å². The van der Waals surface area contributed by atoms with E-state index in [1.54, 1.807) is 17.0 Å². The molecule has 0 radical (unpaired) electrons. The number of nitrogens with one attached hydrogen (secondary N) is 1. The molecule has 0 heterocycles. The van der Waals surface area contributed by atoms with E-state index in [4.69, 9.17) is 11.6 Å². The molecule has 0 fully saturated rings. The summed E-state index contributed by atoms with van der Waals surface area (Å²) in [6.45, 7) is 6.18. The molecule has 2 aromatic rings. The van der Waals surface area contributed by atoms with Crippen LogP contribution in [0.2, 0.25) is 5.02 Å². The summed E-state index contributed by atoms with van der Waals surface area (Å²) >= 11 is 6.14. The zero-order chi connectivity index (χ0) is 18.4. The molecule has 132 valence electrons. The minimum atomic E-state index is -0.114. The van der Waals surface area contributed by atoms with E-state index in [1.807, 2.05) is 44.2 Å². The highest BCUT2D eigenvalue weighted by atomic mass is 35.5. The van der Waals surface area contributed by atoms with Gasteiger partial charge in [-0.2, -0.15) is 0 Å². The molecule has 2 rings (SSSR count). The minimum absolute atomic E-state index is 0.0912. The van der Waals surface area contributed by atoms with Crippen molar-refractivity contribution in [1.29, 1.82) is 0 Å². The van der Waals surface area contributed by atoms with Crippen LogP contribution in [0, 0.1) is 13.8 Å². The maximum Gasteiger partial charge on any atom is 0.223 e. The summed E-state index contributed by atoms with van der Waals surface area (Å²) < 4.78 is 0. The number of nitrogens with zero attached hydrogens (tertiary/aromatic N) is 1. The van der Waals surface area contributed by atoms with Gasteiger partial charge < -0.3 is 10.2 Å². The van der Waals surface area contributed by atoms with Gasteiger partial charge in [-0.3, -0.25) is 9.59 Å². The second-order valence-electron chi connectivity index (χ2n) is 6.07. The first-order chi connectivity index (χ1) is 11.9. The first-order valence-corrected chi connectivity index (χ1v) is 8.61. The predicted molar refractivity (Wildman–Crippen MR) is 102 cm³/mol. The molecule has 0 saturated carbocycles. The Kier molecular flexibility index (Phi) is 6.59. The highest BCUT2D eigenvalue weighted by Gasteiger charge is 2.16. The molecule has 2 amide bonds. The molecule has 5 heteroatoms. The minimum Gasteiger partial charge on any atom is -0.352 e. The van der Waals surface area contributed by atoms with Gasteiger partial charge in [0.1, 0.15) is 0 Å². The quantitative estimate of drug-likeness (QED) is 0.848. The van der Waals surface area contributed by atoms with E-state index >= 15 is 0 Å². The van der Waals surface area contributed by atoms with Gasteiger partial charge in [0.05, 0.1) is 0 Å². The first kappa shape index (κ1) is 19.0. The Balaban J connectivity index is 1.94. The maximum atomic E-state index is 12.1. The van der Waals surface area contributed by atoms with E-state index in [0.29, 0.717) is 18.1 Å². The molecule has 0 aromatic heterocycles. The third-order valence-corrected chi connectivity index (χ3v) is 4.49. The number of rotatable bonds is 6. The Morgan fingerprint density at radius 2 is 1.76 bits per heavy atom. The van der Waals surface area contributed by atoms with Gasteiger partial charge in [-0.15, -0.1) is 0 Å². The lowest BCUT2D eigenvalue weighted by atomic mass is 10.1. The van der Waals surface area contributed by atoms with Gasteiger partial charge in [-0.1, -0.05) is 47.5 Å². The molecule has 0 bridgehead atoms. The van der Waals surface area contributed by atoms with Crippen LogP contribution in [0.1, 0.15) is 30.0 Å². The molecule has 1 N–H and O–H groups in total. The second kappa shape index (κ2) is 8.67. The van der Waals surface area contributed by atoms with Crippen LogP contribution >= 0.6 is 11.6 Å². The SMILES string of the molecule is CC(=O)N(CCC(=O)NCc1ccc(C)cc1)c1cccc(Cl)c1C. The van der Waals surface area contributed by atoms with Crippen molar-refractivity contribution in [3.63, 3.8) is 0 Å². The van der Waals surface area contributed by atoms with E-state index in [9.17, 15) is 9.59 Å². The summed E-state index contributed by atoms with van der Waals surface area (Å²) in [4.78, 5) is 25.7. The van der Waals surface area contributed by atoms with Gasteiger partial charge in [0, 0.05) is 37.1 Å². The smallest absolute Gasteiger partial charge is 0.223 e. The molecule has 0 spiro atoms. The number of benzene rings is 2. The Bertz CT molecular complexity index is 757. The van der Waals surface area contributed by atoms with Crippen molar-refractivity contribution < 1.29 is 9.59 Å². The molecule has 0 unspecified atom stereocenters. The normalized spacial score (nSPS) is 10.4. The summed E-state index contributed by atoms with van der Waals surface area (Å²) in [5.74, 6) is -0.205. The second-order valence-corrected chi connectivity index (χ2v) is 6.47. The van der Waals surface area contributed by atoms with Crippen LogP contribution in [0.4, 0.5) is 5.69 Å². The lowest BCUT2D eigenvalue weighted by Crippen LogP contribution is -2.34. The fourth-order valence-corrected chi connectivity index (χ4v) is 2.71. The van der Waals surface area contributed by atoms with E-state index in [2.05, 4.69) is 5.32 Å². The van der Waals surface area contributed by atoms with Gasteiger partial charge in [0.15, 0.2) is 0 Å². The molecular formula is C20H23ClN2O2. The number of hydrogen-bond acceptors (Lipinski definition) is 2. The summed E-state index contributed by atoms with van der Waals surface area (Å²) in [6.07, 6.45) is 0.234. The molecule has 0 aliphatic heterocycles. The molecule has 25 heavy (non-hydrogen) atoms. The van der Waals surface area contributed by atoms with Crippen LogP contribution in [0.3, 0.4) is 0 Å². The lowest BCUT2D eigenvalue weighted by molar-refractivity contribution is -0.121. The van der Waals surface area contributed by atoms with Crippen molar-refractivity contribution in [1.82, 2.24) is 5.32 Å². The molecule has 0 aliphatic carbocycles. The van der Waals surface area contributed by atoms with Crippen molar-refractivity contribution in [2.75, 3.05) is 11.4 Å².